The van der Waals surface area contributed by atoms with E-state index in [0.717, 1.165) is 22.5 Å². The second-order valence-electron chi connectivity index (χ2n) is 8.03. The van der Waals surface area contributed by atoms with E-state index in [1.807, 2.05) is 54.6 Å². The van der Waals surface area contributed by atoms with Crippen molar-refractivity contribution in [1.82, 2.24) is 0 Å². The van der Waals surface area contributed by atoms with Gasteiger partial charge >= 0.3 is 0 Å². The molecule has 35 heavy (non-hydrogen) atoms. The van der Waals surface area contributed by atoms with Crippen LogP contribution in [0, 0.1) is 0 Å². The third-order valence-electron chi connectivity index (χ3n) is 5.82. The fourth-order valence-corrected chi connectivity index (χ4v) is 4.57. The molecule has 0 bridgehead atoms. The summed E-state index contributed by atoms with van der Waals surface area (Å²) >= 11 is 12.2. The van der Waals surface area contributed by atoms with Crippen LogP contribution in [0.3, 0.4) is 0 Å². The van der Waals surface area contributed by atoms with Crippen molar-refractivity contribution < 1.29 is 18.7 Å². The van der Waals surface area contributed by atoms with Gasteiger partial charge in [0.25, 0.3) is 5.91 Å². The molecule has 1 aliphatic heterocycles. The summed E-state index contributed by atoms with van der Waals surface area (Å²) in [5.41, 5.74) is 3.24. The zero-order valence-electron chi connectivity index (χ0n) is 18.8. The molecule has 2 heterocycles. The van der Waals surface area contributed by atoms with Crippen LogP contribution >= 0.6 is 23.2 Å². The lowest BCUT2D eigenvalue weighted by atomic mass is 9.98. The predicted molar refractivity (Wildman–Crippen MR) is 136 cm³/mol. The molecule has 1 aromatic heterocycles. The molecule has 1 amide bonds. The molecule has 0 radical (unpaired) electrons. The average molecular weight is 509 g/mol. The highest BCUT2D eigenvalue weighted by atomic mass is 35.5. The van der Waals surface area contributed by atoms with E-state index in [-0.39, 0.29) is 12.5 Å². The molecule has 6 nitrogen and oxygen atoms in total. The second kappa shape index (κ2) is 9.94. The Morgan fingerprint density at radius 1 is 1.00 bits per heavy atom. The third-order valence-corrected chi connectivity index (χ3v) is 6.35. The van der Waals surface area contributed by atoms with Gasteiger partial charge in [-0.1, -0.05) is 41.4 Å². The molecule has 1 N–H and O–H groups in total. The van der Waals surface area contributed by atoms with Crippen molar-refractivity contribution in [2.45, 2.75) is 19.2 Å². The molecule has 8 heteroatoms. The van der Waals surface area contributed by atoms with Gasteiger partial charge in [0.05, 0.1) is 36.3 Å². The van der Waals surface area contributed by atoms with Crippen LogP contribution in [0.1, 0.15) is 22.9 Å². The van der Waals surface area contributed by atoms with E-state index < -0.39 is 6.04 Å². The summed E-state index contributed by atoms with van der Waals surface area (Å²) in [6.07, 6.45) is 1.61. The average Bonchev–Trinajstić information content (AvgIpc) is 3.38. The molecular formula is C27H22Cl2N2O4. The van der Waals surface area contributed by atoms with Crippen LogP contribution in [-0.2, 0) is 17.9 Å². The number of fused-ring (bicyclic) bond motifs is 1. The summed E-state index contributed by atoms with van der Waals surface area (Å²) in [4.78, 5) is 15.4. The minimum Gasteiger partial charge on any atom is -0.496 e. The zero-order chi connectivity index (χ0) is 24.4. The maximum Gasteiger partial charge on any atom is 0.254 e. The SMILES string of the molecule is COc1ccc(C2Nc3ccccc3N(Cc3ccco3)C2=O)cc1COc1ccc(Cl)cc1Cl. The smallest absolute Gasteiger partial charge is 0.254 e. The lowest BCUT2D eigenvalue weighted by Gasteiger charge is -2.35. The van der Waals surface area contributed by atoms with Crippen molar-refractivity contribution >= 4 is 40.5 Å². The number of rotatable bonds is 7. The number of anilines is 2. The van der Waals surface area contributed by atoms with Gasteiger partial charge in [-0.3, -0.25) is 4.79 Å². The number of nitrogens with one attached hydrogen (secondary N) is 1. The van der Waals surface area contributed by atoms with Crippen LogP contribution in [-0.4, -0.2) is 13.0 Å². The first-order chi connectivity index (χ1) is 17.0. The highest BCUT2D eigenvalue weighted by Gasteiger charge is 2.34. The fraction of sp³-hybridized carbons (Fsp3) is 0.148. The number of para-hydroxylation sites is 2. The van der Waals surface area contributed by atoms with Gasteiger partial charge in [-0.15, -0.1) is 0 Å². The topological polar surface area (TPSA) is 63.9 Å². The van der Waals surface area contributed by atoms with Crippen LogP contribution in [0.25, 0.3) is 0 Å². The van der Waals surface area contributed by atoms with E-state index in [4.69, 9.17) is 37.1 Å². The van der Waals surface area contributed by atoms with Crippen molar-refractivity contribution in [2.24, 2.45) is 0 Å². The molecule has 0 spiro atoms. The molecule has 0 saturated heterocycles. The van der Waals surface area contributed by atoms with Crippen LogP contribution in [0.15, 0.2) is 83.5 Å². The van der Waals surface area contributed by atoms with E-state index in [9.17, 15) is 4.79 Å². The summed E-state index contributed by atoms with van der Waals surface area (Å²) in [6, 6.07) is 21.5. The number of benzene rings is 3. The summed E-state index contributed by atoms with van der Waals surface area (Å²) in [7, 11) is 1.60. The Hall–Kier alpha value is -3.61. The van der Waals surface area contributed by atoms with Crippen LogP contribution in [0.2, 0.25) is 10.0 Å². The van der Waals surface area contributed by atoms with Gasteiger partial charge in [-0.2, -0.15) is 0 Å². The first-order valence-electron chi connectivity index (χ1n) is 11.0. The third kappa shape index (κ3) is 4.81. The Morgan fingerprint density at radius 2 is 1.83 bits per heavy atom. The van der Waals surface area contributed by atoms with Crippen molar-refractivity contribution in [3.63, 3.8) is 0 Å². The van der Waals surface area contributed by atoms with Crippen molar-refractivity contribution in [1.29, 1.82) is 0 Å². The number of methoxy groups -OCH3 is 1. The van der Waals surface area contributed by atoms with E-state index in [1.54, 1.807) is 36.5 Å². The normalized spacial score (nSPS) is 14.9. The Labute approximate surface area is 213 Å². The molecule has 0 saturated carbocycles. The summed E-state index contributed by atoms with van der Waals surface area (Å²) in [5, 5.41) is 4.34. The summed E-state index contributed by atoms with van der Waals surface area (Å²) in [5.74, 6) is 1.78. The van der Waals surface area contributed by atoms with Gasteiger partial charge in [0.1, 0.15) is 29.9 Å². The van der Waals surface area contributed by atoms with Gasteiger partial charge in [-0.05, 0) is 60.2 Å². The van der Waals surface area contributed by atoms with Crippen molar-refractivity contribution in [2.75, 3.05) is 17.3 Å². The molecule has 3 aromatic carbocycles. The largest absolute Gasteiger partial charge is 0.496 e. The standard InChI is InChI=1S/C27H22Cl2N2O4/c1-33-24-10-8-17(13-18(24)16-35-25-11-9-19(28)14-21(25)29)26-27(32)31(15-20-5-4-12-34-20)23-7-3-2-6-22(23)30-26/h2-14,26,30H,15-16H2,1H3. The molecular weight excluding hydrogens is 487 g/mol. The van der Waals surface area contributed by atoms with E-state index >= 15 is 0 Å². The van der Waals surface area contributed by atoms with Gasteiger partial charge in [-0.25, -0.2) is 0 Å². The molecule has 1 atom stereocenters. The number of amides is 1. The zero-order valence-corrected chi connectivity index (χ0v) is 20.3. The molecule has 0 aliphatic carbocycles. The molecule has 178 valence electrons. The van der Waals surface area contributed by atoms with Crippen LogP contribution in [0.5, 0.6) is 11.5 Å². The second-order valence-corrected chi connectivity index (χ2v) is 8.88. The Bertz CT molecular complexity index is 1360. The number of halogens is 2. The van der Waals surface area contributed by atoms with Gasteiger partial charge in [0.2, 0.25) is 0 Å². The van der Waals surface area contributed by atoms with Gasteiger partial charge in [0, 0.05) is 10.6 Å². The Kier molecular flexibility index (Phi) is 6.57. The molecule has 4 aromatic rings. The van der Waals surface area contributed by atoms with Crippen molar-refractivity contribution in [3.8, 4) is 11.5 Å². The molecule has 1 unspecified atom stereocenters. The van der Waals surface area contributed by atoms with Gasteiger partial charge in [0.15, 0.2) is 0 Å². The van der Waals surface area contributed by atoms with Crippen molar-refractivity contribution in [3.05, 3.63) is 106 Å². The predicted octanol–water partition coefficient (Wildman–Crippen LogP) is 6.87. The highest BCUT2D eigenvalue weighted by Crippen LogP contribution is 2.38. The number of carbonyl (C=O) groups is 1. The number of ether oxygens (including phenoxy) is 2. The number of nitrogens with zero attached hydrogens (tertiary/aromatic N) is 1. The monoisotopic (exact) mass is 508 g/mol. The first-order valence-corrected chi connectivity index (χ1v) is 11.7. The first kappa shape index (κ1) is 23.1. The Balaban J connectivity index is 1.45. The molecule has 1 aliphatic rings. The Morgan fingerprint density at radius 3 is 2.60 bits per heavy atom. The lowest BCUT2D eigenvalue weighted by molar-refractivity contribution is -0.119. The minimum absolute atomic E-state index is 0.0853. The van der Waals surface area contributed by atoms with Crippen LogP contribution < -0.4 is 19.7 Å². The van der Waals surface area contributed by atoms with E-state index in [2.05, 4.69) is 5.32 Å². The summed E-state index contributed by atoms with van der Waals surface area (Å²) in [6.45, 7) is 0.536. The molecule has 0 fully saturated rings. The number of hydrogen-bond acceptors (Lipinski definition) is 5. The van der Waals surface area contributed by atoms with E-state index in [0.29, 0.717) is 33.8 Å². The van der Waals surface area contributed by atoms with E-state index in [1.165, 1.54) is 0 Å². The number of hydrogen-bond donors (Lipinski definition) is 1. The van der Waals surface area contributed by atoms with Gasteiger partial charge < -0.3 is 24.1 Å². The number of carbonyl (C=O) groups excluding carboxylic acids is 1. The quantitative estimate of drug-likeness (QED) is 0.295. The lowest BCUT2D eigenvalue weighted by Crippen LogP contribution is -2.41. The fourth-order valence-electron chi connectivity index (χ4n) is 4.11. The minimum atomic E-state index is -0.594. The maximum atomic E-state index is 13.7. The maximum absolute atomic E-state index is 13.7. The summed E-state index contributed by atoms with van der Waals surface area (Å²) < 4.78 is 17.0. The number of furan rings is 1. The molecule has 5 rings (SSSR count). The highest BCUT2D eigenvalue weighted by molar-refractivity contribution is 6.35. The van der Waals surface area contributed by atoms with Crippen LogP contribution in [0.4, 0.5) is 11.4 Å².